The standard InChI is InChI=1S/C8H6BBrClFO2/c10-6-2-1-5(3-4-9(13)14)8(12)7(6)11/h1-4,13-14H/b4-3+. The van der Waals surface area contributed by atoms with E-state index in [9.17, 15) is 4.39 Å². The average molecular weight is 279 g/mol. The van der Waals surface area contributed by atoms with Crippen LogP contribution in [0.25, 0.3) is 6.08 Å². The van der Waals surface area contributed by atoms with Gasteiger partial charge in [0.05, 0.1) is 5.02 Å². The summed E-state index contributed by atoms with van der Waals surface area (Å²) in [7, 11) is -1.60. The quantitative estimate of drug-likeness (QED) is 0.644. The van der Waals surface area contributed by atoms with Crippen molar-refractivity contribution in [1.29, 1.82) is 0 Å². The SMILES string of the molecule is OB(O)/C=C/c1ccc(Br)c(Cl)c1F. The van der Waals surface area contributed by atoms with Crippen molar-refractivity contribution in [2.24, 2.45) is 0 Å². The van der Waals surface area contributed by atoms with Crippen LogP contribution < -0.4 is 0 Å². The summed E-state index contributed by atoms with van der Waals surface area (Å²) in [6.07, 6.45) is 1.25. The monoisotopic (exact) mass is 278 g/mol. The molecule has 1 aromatic rings. The van der Waals surface area contributed by atoms with Crippen LogP contribution in [0.5, 0.6) is 0 Å². The van der Waals surface area contributed by atoms with E-state index in [4.69, 9.17) is 21.6 Å². The van der Waals surface area contributed by atoms with Crippen molar-refractivity contribution in [3.63, 3.8) is 0 Å². The minimum absolute atomic E-state index is 0.0282. The van der Waals surface area contributed by atoms with Gasteiger partial charge in [0.1, 0.15) is 5.82 Å². The van der Waals surface area contributed by atoms with Crippen molar-refractivity contribution in [2.75, 3.05) is 0 Å². The Morgan fingerprint density at radius 3 is 2.64 bits per heavy atom. The topological polar surface area (TPSA) is 40.5 Å². The van der Waals surface area contributed by atoms with Gasteiger partial charge in [-0.3, -0.25) is 0 Å². The van der Waals surface area contributed by atoms with E-state index in [1.807, 2.05) is 0 Å². The molecule has 0 radical (unpaired) electrons. The Labute approximate surface area is 94.3 Å². The zero-order valence-corrected chi connectivity index (χ0v) is 9.26. The van der Waals surface area contributed by atoms with Gasteiger partial charge < -0.3 is 10.0 Å². The third kappa shape index (κ3) is 2.82. The second-order valence-electron chi connectivity index (χ2n) is 2.54. The Bertz CT molecular complexity index is 371. The Kier molecular flexibility index (Phi) is 4.13. The Morgan fingerprint density at radius 2 is 2.07 bits per heavy atom. The zero-order valence-electron chi connectivity index (χ0n) is 6.92. The normalized spacial score (nSPS) is 10.9. The molecule has 0 aliphatic carbocycles. The maximum atomic E-state index is 13.3. The molecule has 2 nitrogen and oxygen atoms in total. The summed E-state index contributed by atoms with van der Waals surface area (Å²) in [4.78, 5) is 0. The first-order valence-electron chi connectivity index (χ1n) is 3.70. The summed E-state index contributed by atoms with van der Waals surface area (Å²) >= 11 is 8.68. The van der Waals surface area contributed by atoms with Crippen molar-refractivity contribution in [3.8, 4) is 0 Å². The molecule has 0 unspecified atom stereocenters. The first-order chi connectivity index (χ1) is 6.52. The van der Waals surface area contributed by atoms with Crippen molar-refractivity contribution in [1.82, 2.24) is 0 Å². The molecule has 0 aliphatic rings. The summed E-state index contributed by atoms with van der Waals surface area (Å²) in [6, 6.07) is 3.05. The first kappa shape index (κ1) is 11.7. The van der Waals surface area contributed by atoms with Crippen LogP contribution in [0, 0.1) is 5.82 Å². The van der Waals surface area contributed by atoms with E-state index in [0.717, 1.165) is 5.98 Å². The van der Waals surface area contributed by atoms with Gasteiger partial charge in [-0.2, -0.15) is 0 Å². The molecule has 0 heterocycles. The molecule has 74 valence electrons. The summed E-state index contributed by atoms with van der Waals surface area (Å²) in [5.41, 5.74) is 0.200. The van der Waals surface area contributed by atoms with Gasteiger partial charge >= 0.3 is 7.12 Å². The highest BCUT2D eigenvalue weighted by molar-refractivity contribution is 9.10. The summed E-state index contributed by atoms with van der Waals surface area (Å²) in [5.74, 6) is 0.445. The van der Waals surface area contributed by atoms with Crippen LogP contribution >= 0.6 is 27.5 Å². The van der Waals surface area contributed by atoms with Crippen LogP contribution in [0.3, 0.4) is 0 Å². The zero-order chi connectivity index (χ0) is 10.7. The van der Waals surface area contributed by atoms with Crippen molar-refractivity contribution >= 4 is 40.7 Å². The van der Waals surface area contributed by atoms with E-state index in [-0.39, 0.29) is 10.6 Å². The van der Waals surface area contributed by atoms with Crippen molar-refractivity contribution in [2.45, 2.75) is 0 Å². The van der Waals surface area contributed by atoms with Gasteiger partial charge in [-0.1, -0.05) is 29.7 Å². The van der Waals surface area contributed by atoms with Gasteiger partial charge in [0.15, 0.2) is 0 Å². The fraction of sp³-hybridized carbons (Fsp3) is 0. The number of rotatable bonds is 2. The lowest BCUT2D eigenvalue weighted by molar-refractivity contribution is 0.424. The molecule has 0 saturated heterocycles. The molecule has 1 aromatic carbocycles. The third-order valence-corrected chi connectivity index (χ3v) is 2.77. The van der Waals surface area contributed by atoms with E-state index in [1.54, 1.807) is 6.07 Å². The van der Waals surface area contributed by atoms with E-state index < -0.39 is 12.9 Å². The summed E-state index contributed by atoms with van der Waals surface area (Å²) in [6.45, 7) is 0. The van der Waals surface area contributed by atoms with E-state index in [2.05, 4.69) is 15.9 Å². The van der Waals surface area contributed by atoms with E-state index in [1.165, 1.54) is 12.1 Å². The maximum absolute atomic E-state index is 13.3. The lowest BCUT2D eigenvalue weighted by Gasteiger charge is -2.01. The molecule has 6 heteroatoms. The second-order valence-corrected chi connectivity index (χ2v) is 3.77. The first-order valence-corrected chi connectivity index (χ1v) is 4.87. The molecular weight excluding hydrogens is 273 g/mol. The highest BCUT2D eigenvalue weighted by Gasteiger charge is 2.08. The van der Waals surface area contributed by atoms with Gasteiger partial charge in [0, 0.05) is 10.0 Å². The lowest BCUT2D eigenvalue weighted by atomic mass is 9.91. The molecule has 1 rings (SSSR count). The van der Waals surface area contributed by atoms with Gasteiger partial charge in [0.25, 0.3) is 0 Å². The lowest BCUT2D eigenvalue weighted by Crippen LogP contribution is -2.05. The minimum Gasteiger partial charge on any atom is -0.424 e. The van der Waals surface area contributed by atoms with Gasteiger partial charge in [-0.05, 0) is 22.0 Å². The van der Waals surface area contributed by atoms with E-state index >= 15 is 0 Å². The van der Waals surface area contributed by atoms with Gasteiger partial charge in [-0.15, -0.1) is 0 Å². The maximum Gasteiger partial charge on any atom is 0.480 e. The molecule has 2 N–H and O–H groups in total. The van der Waals surface area contributed by atoms with E-state index in [0.29, 0.717) is 4.47 Å². The summed E-state index contributed by atoms with van der Waals surface area (Å²) in [5, 5.41) is 17.0. The van der Waals surface area contributed by atoms with Crippen LogP contribution in [0.1, 0.15) is 5.56 Å². The predicted molar refractivity (Wildman–Crippen MR) is 58.3 cm³/mol. The molecule has 0 saturated carbocycles. The smallest absolute Gasteiger partial charge is 0.424 e. The predicted octanol–water partition coefficient (Wildman–Crippen LogP) is 2.27. The average Bonchev–Trinajstić information content (AvgIpc) is 2.13. The number of halogens is 3. The molecule has 0 aromatic heterocycles. The third-order valence-electron chi connectivity index (χ3n) is 1.51. The van der Waals surface area contributed by atoms with Crippen molar-refractivity contribution in [3.05, 3.63) is 39.0 Å². The Balaban J connectivity index is 3.06. The highest BCUT2D eigenvalue weighted by atomic mass is 79.9. The molecule has 0 fully saturated rings. The molecule has 0 aliphatic heterocycles. The highest BCUT2D eigenvalue weighted by Crippen LogP contribution is 2.27. The van der Waals surface area contributed by atoms with Crippen LogP contribution in [0.15, 0.2) is 22.6 Å². The number of benzene rings is 1. The molecular formula is C8H6BBrClFO2. The van der Waals surface area contributed by atoms with Gasteiger partial charge in [-0.25, -0.2) is 4.39 Å². The number of hydrogen-bond acceptors (Lipinski definition) is 2. The largest absolute Gasteiger partial charge is 0.480 e. The number of hydrogen-bond donors (Lipinski definition) is 2. The van der Waals surface area contributed by atoms with Crippen LogP contribution in [-0.4, -0.2) is 17.2 Å². The fourth-order valence-electron chi connectivity index (χ4n) is 0.859. The fourth-order valence-corrected chi connectivity index (χ4v) is 1.34. The van der Waals surface area contributed by atoms with Crippen molar-refractivity contribution < 1.29 is 14.4 Å². The molecule has 0 bridgehead atoms. The van der Waals surface area contributed by atoms with Crippen LogP contribution in [0.2, 0.25) is 5.02 Å². The minimum atomic E-state index is -1.60. The Hall–Kier alpha value is -0.355. The molecule has 0 spiro atoms. The summed E-state index contributed by atoms with van der Waals surface area (Å²) < 4.78 is 13.8. The Morgan fingerprint density at radius 1 is 1.43 bits per heavy atom. The molecule has 0 atom stereocenters. The van der Waals surface area contributed by atoms with Gasteiger partial charge in [0.2, 0.25) is 0 Å². The van der Waals surface area contributed by atoms with Crippen LogP contribution in [0.4, 0.5) is 4.39 Å². The van der Waals surface area contributed by atoms with Crippen LogP contribution in [-0.2, 0) is 0 Å². The molecule has 0 amide bonds. The second kappa shape index (κ2) is 4.93. The molecule has 14 heavy (non-hydrogen) atoms.